The first-order valence-corrected chi connectivity index (χ1v) is 3.82. The van der Waals surface area contributed by atoms with Gasteiger partial charge in [-0.1, -0.05) is 18.9 Å². The van der Waals surface area contributed by atoms with Crippen LogP contribution in [0.1, 0.15) is 13.8 Å². The smallest absolute Gasteiger partial charge is 0.273 e. The van der Waals surface area contributed by atoms with Crippen LogP contribution < -0.4 is 4.72 Å². The van der Waals surface area contributed by atoms with Crippen molar-refractivity contribution in [1.29, 1.82) is 0 Å². The van der Waals surface area contributed by atoms with Crippen molar-refractivity contribution >= 4 is 17.9 Å². The van der Waals surface area contributed by atoms with E-state index in [1.54, 1.807) is 11.9 Å². The highest BCUT2D eigenvalue weighted by Gasteiger charge is 1.97. The summed E-state index contributed by atoms with van der Waals surface area (Å²) in [5, 5.41) is 13.7. The van der Waals surface area contributed by atoms with Crippen LogP contribution in [0.25, 0.3) is 0 Å². The van der Waals surface area contributed by atoms with Gasteiger partial charge in [-0.15, -0.1) is 5.10 Å². The fourth-order valence-electron chi connectivity index (χ4n) is 0.376. The van der Waals surface area contributed by atoms with E-state index in [1.807, 2.05) is 0 Å². The second-order valence-corrected chi connectivity index (χ2v) is 3.39. The Morgan fingerprint density at radius 1 is 1.60 bits per heavy atom. The molecular weight excluding hydrogens is 150 g/mol. The highest BCUT2D eigenvalue weighted by Crippen LogP contribution is 2.09. The van der Waals surface area contributed by atoms with Crippen molar-refractivity contribution in [3.8, 4) is 0 Å². The molecule has 56 valence electrons. The van der Waals surface area contributed by atoms with Gasteiger partial charge in [-0.2, -0.15) is 5.21 Å². The molecular formula is C4H9N5S. The molecule has 0 spiro atoms. The largest absolute Gasteiger partial charge is 0.295 e. The molecule has 0 aliphatic rings. The van der Waals surface area contributed by atoms with Crippen LogP contribution in [0, 0.1) is 0 Å². The third-order valence-electron chi connectivity index (χ3n) is 0.731. The maximum Gasteiger partial charge on any atom is 0.273 e. The van der Waals surface area contributed by atoms with Crippen molar-refractivity contribution in [3.05, 3.63) is 0 Å². The van der Waals surface area contributed by atoms with Crippen LogP contribution in [0.2, 0.25) is 0 Å². The lowest BCUT2D eigenvalue weighted by atomic mass is 10.6. The second-order valence-electron chi connectivity index (χ2n) is 2.00. The van der Waals surface area contributed by atoms with Gasteiger partial charge >= 0.3 is 0 Å². The predicted molar refractivity (Wildman–Crippen MR) is 40.5 cm³/mol. The van der Waals surface area contributed by atoms with E-state index in [2.05, 4.69) is 39.2 Å². The average molecular weight is 159 g/mol. The number of aromatic nitrogens is 4. The number of aromatic amines is 1. The minimum atomic E-state index is 0.512. The second kappa shape index (κ2) is 3.40. The van der Waals surface area contributed by atoms with E-state index < -0.39 is 0 Å². The number of anilines is 1. The molecule has 0 aromatic carbocycles. The van der Waals surface area contributed by atoms with Gasteiger partial charge in [0.15, 0.2) is 0 Å². The molecule has 0 bridgehead atoms. The minimum absolute atomic E-state index is 0.512. The summed E-state index contributed by atoms with van der Waals surface area (Å²) in [6.07, 6.45) is 0. The van der Waals surface area contributed by atoms with E-state index in [0.717, 1.165) is 0 Å². The highest BCUT2D eigenvalue weighted by molar-refractivity contribution is 8.01. The summed E-state index contributed by atoms with van der Waals surface area (Å²) in [6, 6.07) is 0. The van der Waals surface area contributed by atoms with Crippen molar-refractivity contribution < 1.29 is 0 Å². The van der Waals surface area contributed by atoms with Gasteiger partial charge in [0.05, 0.1) is 0 Å². The quantitative estimate of drug-likeness (QED) is 0.634. The highest BCUT2D eigenvalue weighted by atomic mass is 32.2. The van der Waals surface area contributed by atoms with Gasteiger partial charge < -0.3 is 0 Å². The first kappa shape index (κ1) is 7.33. The van der Waals surface area contributed by atoms with Crippen molar-refractivity contribution in [2.75, 3.05) is 4.72 Å². The van der Waals surface area contributed by atoms with Gasteiger partial charge in [0.2, 0.25) is 0 Å². The monoisotopic (exact) mass is 159 g/mol. The van der Waals surface area contributed by atoms with Crippen LogP contribution in [-0.2, 0) is 0 Å². The van der Waals surface area contributed by atoms with Gasteiger partial charge in [0, 0.05) is 5.25 Å². The van der Waals surface area contributed by atoms with Gasteiger partial charge in [-0.05, 0) is 17.2 Å². The summed E-state index contributed by atoms with van der Waals surface area (Å²) in [5.41, 5.74) is 0. The van der Waals surface area contributed by atoms with Gasteiger partial charge in [-0.3, -0.25) is 4.72 Å². The van der Waals surface area contributed by atoms with E-state index in [0.29, 0.717) is 11.2 Å². The van der Waals surface area contributed by atoms with Gasteiger partial charge in [0.1, 0.15) is 0 Å². The lowest BCUT2D eigenvalue weighted by molar-refractivity contribution is 0.881. The third-order valence-corrected chi connectivity index (χ3v) is 1.50. The third kappa shape index (κ3) is 2.22. The van der Waals surface area contributed by atoms with E-state index >= 15 is 0 Å². The molecule has 1 aromatic rings. The van der Waals surface area contributed by atoms with E-state index in [1.165, 1.54) is 0 Å². The summed E-state index contributed by atoms with van der Waals surface area (Å²) < 4.78 is 2.92. The molecule has 0 aliphatic heterocycles. The van der Waals surface area contributed by atoms with Crippen molar-refractivity contribution in [3.63, 3.8) is 0 Å². The van der Waals surface area contributed by atoms with E-state index in [9.17, 15) is 0 Å². The molecule has 0 radical (unpaired) electrons. The number of H-pyrrole nitrogens is 1. The van der Waals surface area contributed by atoms with Crippen LogP contribution in [-0.4, -0.2) is 25.9 Å². The molecule has 0 saturated carbocycles. The number of nitrogens with one attached hydrogen (secondary N) is 2. The summed E-state index contributed by atoms with van der Waals surface area (Å²) in [7, 11) is 0. The van der Waals surface area contributed by atoms with Crippen LogP contribution in [0.4, 0.5) is 5.95 Å². The summed E-state index contributed by atoms with van der Waals surface area (Å²) in [4.78, 5) is 0. The first-order chi connectivity index (χ1) is 4.79. The van der Waals surface area contributed by atoms with Gasteiger partial charge in [0.25, 0.3) is 5.95 Å². The molecule has 6 heteroatoms. The van der Waals surface area contributed by atoms with Crippen molar-refractivity contribution in [2.24, 2.45) is 0 Å². The Morgan fingerprint density at radius 3 is 2.90 bits per heavy atom. The molecule has 2 N–H and O–H groups in total. The zero-order valence-corrected chi connectivity index (χ0v) is 6.64. The maximum atomic E-state index is 3.71. The standard InChI is InChI=1S/C4H9N5S/c1-3(2)10-7-4-5-8-9-6-4/h3H,1-2H3,(H2,5,6,7,8,9). The Labute approximate surface area is 63.1 Å². The molecule has 1 aromatic heterocycles. The molecule has 1 rings (SSSR count). The fourth-order valence-corrected chi connectivity index (χ4v) is 0.803. The topological polar surface area (TPSA) is 66.5 Å². The zero-order chi connectivity index (χ0) is 7.40. The normalized spacial score (nSPS) is 10.3. The fraction of sp³-hybridized carbons (Fsp3) is 0.750. The Hall–Kier alpha value is -0.780. The van der Waals surface area contributed by atoms with Crippen molar-refractivity contribution in [2.45, 2.75) is 19.1 Å². The molecule has 5 nitrogen and oxygen atoms in total. The summed E-state index contributed by atoms with van der Waals surface area (Å²) in [6.45, 7) is 4.16. The molecule has 0 unspecified atom stereocenters. The van der Waals surface area contributed by atoms with E-state index in [4.69, 9.17) is 0 Å². The summed E-state index contributed by atoms with van der Waals surface area (Å²) in [5.74, 6) is 0.527. The first-order valence-electron chi connectivity index (χ1n) is 2.94. The number of nitrogens with zero attached hydrogens (tertiary/aromatic N) is 3. The lowest BCUT2D eigenvalue weighted by Gasteiger charge is -2.01. The Morgan fingerprint density at radius 2 is 2.40 bits per heavy atom. The number of rotatable bonds is 3. The Balaban J connectivity index is 2.28. The van der Waals surface area contributed by atoms with Crippen LogP contribution in [0.5, 0.6) is 0 Å². The summed E-state index contributed by atoms with van der Waals surface area (Å²) >= 11 is 1.55. The minimum Gasteiger partial charge on any atom is -0.295 e. The van der Waals surface area contributed by atoms with Gasteiger partial charge in [-0.25, -0.2) is 0 Å². The van der Waals surface area contributed by atoms with Crippen LogP contribution in [0.3, 0.4) is 0 Å². The number of tetrazole rings is 1. The van der Waals surface area contributed by atoms with Crippen molar-refractivity contribution in [1.82, 2.24) is 20.6 Å². The lowest BCUT2D eigenvalue weighted by Crippen LogP contribution is -1.95. The molecule has 10 heavy (non-hydrogen) atoms. The molecule has 0 atom stereocenters. The number of hydrogen-bond acceptors (Lipinski definition) is 5. The molecule has 0 aliphatic carbocycles. The molecule has 1 heterocycles. The average Bonchev–Trinajstić information content (AvgIpc) is 2.34. The maximum absolute atomic E-state index is 3.71. The molecule has 0 fully saturated rings. The molecule has 0 amide bonds. The predicted octanol–water partition coefficient (Wildman–Crippen LogP) is 0.668. The zero-order valence-electron chi connectivity index (χ0n) is 5.83. The molecule has 0 saturated heterocycles. The SMILES string of the molecule is CC(C)SNc1nn[nH]n1. The number of hydrogen-bond donors (Lipinski definition) is 2. The van der Waals surface area contributed by atoms with Crippen LogP contribution in [0.15, 0.2) is 0 Å². The van der Waals surface area contributed by atoms with Crippen LogP contribution >= 0.6 is 11.9 Å². The van der Waals surface area contributed by atoms with E-state index in [-0.39, 0.29) is 0 Å². The Kier molecular flexibility index (Phi) is 2.49. The Bertz CT molecular complexity index is 172.